The molecular weight excluding hydrogens is 262 g/mol. The van der Waals surface area contributed by atoms with Crippen LogP contribution in [-0.4, -0.2) is 20.5 Å². The first-order valence-electron chi connectivity index (χ1n) is 7.40. The average molecular weight is 285 g/mol. The van der Waals surface area contributed by atoms with E-state index in [-0.39, 0.29) is 5.78 Å². The van der Waals surface area contributed by atoms with Gasteiger partial charge >= 0.3 is 0 Å². The Bertz CT molecular complexity index is 629. The fraction of sp³-hybridized carbons (Fsp3) is 0.471. The van der Waals surface area contributed by atoms with Crippen molar-refractivity contribution >= 4 is 5.78 Å². The van der Waals surface area contributed by atoms with Crippen molar-refractivity contribution in [2.24, 2.45) is 5.92 Å². The number of nitrogens with zero attached hydrogens (tertiary/aromatic N) is 3. The molecule has 0 amide bonds. The summed E-state index contributed by atoms with van der Waals surface area (Å²) in [6.07, 6.45) is 2.33. The van der Waals surface area contributed by atoms with E-state index < -0.39 is 0 Å². The first kappa shape index (κ1) is 15.4. The van der Waals surface area contributed by atoms with Gasteiger partial charge in [-0.2, -0.15) is 5.10 Å². The first-order valence-corrected chi connectivity index (χ1v) is 7.40. The van der Waals surface area contributed by atoms with Crippen LogP contribution in [-0.2, 0) is 24.2 Å². The normalized spacial score (nSPS) is 11.1. The molecule has 0 atom stereocenters. The van der Waals surface area contributed by atoms with E-state index in [9.17, 15) is 4.79 Å². The highest BCUT2D eigenvalue weighted by atomic mass is 16.1. The van der Waals surface area contributed by atoms with Gasteiger partial charge in [0, 0.05) is 13.0 Å². The zero-order valence-corrected chi connectivity index (χ0v) is 13.3. The molecule has 4 heteroatoms. The van der Waals surface area contributed by atoms with Crippen molar-refractivity contribution < 1.29 is 4.79 Å². The molecule has 112 valence electrons. The Labute approximate surface area is 126 Å². The van der Waals surface area contributed by atoms with Crippen LogP contribution in [0, 0.1) is 19.8 Å². The molecule has 0 fully saturated rings. The molecule has 4 nitrogen and oxygen atoms in total. The van der Waals surface area contributed by atoms with Gasteiger partial charge in [-0.1, -0.05) is 32.0 Å². The second-order valence-electron chi connectivity index (χ2n) is 6.06. The lowest BCUT2D eigenvalue weighted by Crippen LogP contribution is -2.15. The van der Waals surface area contributed by atoms with Crippen LogP contribution in [0.15, 0.2) is 24.5 Å². The van der Waals surface area contributed by atoms with Gasteiger partial charge in [0.15, 0.2) is 0 Å². The molecule has 2 aromatic rings. The number of Topliss-reactive ketones (excluding diaryl/α,β-unsaturated/α-hetero) is 1. The molecule has 0 radical (unpaired) electrons. The highest BCUT2D eigenvalue weighted by molar-refractivity contribution is 5.82. The number of hydrogen-bond acceptors (Lipinski definition) is 3. The van der Waals surface area contributed by atoms with Gasteiger partial charge < -0.3 is 0 Å². The number of hydrogen-bond donors (Lipinski definition) is 0. The number of rotatable bonds is 6. The fourth-order valence-corrected chi connectivity index (χ4v) is 2.30. The van der Waals surface area contributed by atoms with Crippen molar-refractivity contribution in [1.29, 1.82) is 0 Å². The van der Waals surface area contributed by atoms with Gasteiger partial charge in [-0.05, 0) is 36.5 Å². The summed E-state index contributed by atoms with van der Waals surface area (Å²) in [7, 11) is 0. The van der Waals surface area contributed by atoms with Crippen LogP contribution in [0.4, 0.5) is 0 Å². The molecule has 0 unspecified atom stereocenters. The molecule has 0 saturated heterocycles. The summed E-state index contributed by atoms with van der Waals surface area (Å²) in [5, 5.41) is 4.20. The minimum Gasteiger partial charge on any atom is -0.299 e. The van der Waals surface area contributed by atoms with E-state index in [0.29, 0.717) is 18.8 Å². The highest BCUT2D eigenvalue weighted by Crippen LogP contribution is 2.11. The molecule has 1 aromatic carbocycles. The largest absolute Gasteiger partial charge is 0.299 e. The summed E-state index contributed by atoms with van der Waals surface area (Å²) in [5.41, 5.74) is 3.55. The van der Waals surface area contributed by atoms with Crippen LogP contribution in [0.5, 0.6) is 0 Å². The summed E-state index contributed by atoms with van der Waals surface area (Å²) in [4.78, 5) is 16.4. The molecule has 0 saturated carbocycles. The third-order valence-corrected chi connectivity index (χ3v) is 3.56. The maximum absolute atomic E-state index is 12.2. The molecule has 1 heterocycles. The Morgan fingerprint density at radius 1 is 1.19 bits per heavy atom. The van der Waals surface area contributed by atoms with E-state index in [2.05, 4.69) is 49.9 Å². The van der Waals surface area contributed by atoms with E-state index in [1.54, 1.807) is 0 Å². The monoisotopic (exact) mass is 285 g/mol. The van der Waals surface area contributed by atoms with Gasteiger partial charge in [0.25, 0.3) is 0 Å². The summed E-state index contributed by atoms with van der Waals surface area (Å²) in [5.74, 6) is 1.43. The van der Waals surface area contributed by atoms with Crippen LogP contribution in [0.2, 0.25) is 0 Å². The Balaban J connectivity index is 2.01. The zero-order valence-electron chi connectivity index (χ0n) is 13.3. The molecule has 0 bridgehead atoms. The highest BCUT2D eigenvalue weighted by Gasteiger charge is 2.12. The van der Waals surface area contributed by atoms with Gasteiger partial charge in [-0.15, -0.1) is 0 Å². The average Bonchev–Trinajstić information content (AvgIpc) is 2.80. The number of benzene rings is 1. The lowest BCUT2D eigenvalue weighted by atomic mass is 10.0. The Hall–Kier alpha value is -1.97. The van der Waals surface area contributed by atoms with Crippen molar-refractivity contribution in [2.45, 2.75) is 47.1 Å². The standard InChI is InChI=1S/C17H23N3O/c1-12(2)10-20-17(18-11-19-20)9-16(21)8-15-6-5-13(3)14(4)7-15/h5-7,11-12H,8-10H2,1-4H3. The molecule has 21 heavy (non-hydrogen) atoms. The van der Waals surface area contributed by atoms with Gasteiger partial charge in [-0.3, -0.25) is 4.79 Å². The van der Waals surface area contributed by atoms with Crippen LogP contribution in [0.1, 0.15) is 36.4 Å². The van der Waals surface area contributed by atoms with E-state index >= 15 is 0 Å². The van der Waals surface area contributed by atoms with Crippen molar-refractivity contribution in [2.75, 3.05) is 0 Å². The summed E-state index contributed by atoms with van der Waals surface area (Å²) in [6.45, 7) is 9.20. The molecule has 2 rings (SSSR count). The fourth-order valence-electron chi connectivity index (χ4n) is 2.30. The maximum atomic E-state index is 12.2. The molecule has 0 spiro atoms. The minimum atomic E-state index is 0.177. The number of ketones is 1. The van der Waals surface area contributed by atoms with E-state index in [4.69, 9.17) is 0 Å². The smallest absolute Gasteiger partial charge is 0.144 e. The molecule has 0 aliphatic heterocycles. The molecule has 0 aliphatic carbocycles. The topological polar surface area (TPSA) is 47.8 Å². The Morgan fingerprint density at radius 3 is 2.62 bits per heavy atom. The van der Waals surface area contributed by atoms with Gasteiger partial charge in [0.2, 0.25) is 0 Å². The van der Waals surface area contributed by atoms with Gasteiger partial charge in [0.05, 0.1) is 6.42 Å². The third-order valence-electron chi connectivity index (χ3n) is 3.56. The zero-order chi connectivity index (χ0) is 15.4. The molecular formula is C17H23N3O. The van der Waals surface area contributed by atoms with E-state index in [0.717, 1.165) is 17.9 Å². The third kappa shape index (κ3) is 4.25. The lowest BCUT2D eigenvalue weighted by Gasteiger charge is -2.08. The second-order valence-corrected chi connectivity index (χ2v) is 6.06. The number of aromatic nitrogens is 3. The van der Waals surface area contributed by atoms with Gasteiger partial charge in [-0.25, -0.2) is 9.67 Å². The van der Waals surface area contributed by atoms with Crippen LogP contribution >= 0.6 is 0 Å². The second kappa shape index (κ2) is 6.66. The predicted octanol–water partition coefficient (Wildman–Crippen LogP) is 2.91. The maximum Gasteiger partial charge on any atom is 0.144 e. The van der Waals surface area contributed by atoms with Crippen LogP contribution in [0.25, 0.3) is 0 Å². The lowest BCUT2D eigenvalue weighted by molar-refractivity contribution is -0.117. The van der Waals surface area contributed by atoms with Crippen molar-refractivity contribution in [1.82, 2.24) is 14.8 Å². The van der Waals surface area contributed by atoms with Crippen LogP contribution < -0.4 is 0 Å². The SMILES string of the molecule is Cc1ccc(CC(=O)Cc2ncnn2CC(C)C)cc1C. The number of aryl methyl sites for hydroxylation is 2. The van der Waals surface area contributed by atoms with Crippen molar-refractivity contribution in [3.05, 3.63) is 47.0 Å². The summed E-state index contributed by atoms with van der Waals surface area (Å²) >= 11 is 0. The Morgan fingerprint density at radius 2 is 1.95 bits per heavy atom. The Kier molecular flexibility index (Phi) is 4.89. The van der Waals surface area contributed by atoms with Crippen molar-refractivity contribution in [3.63, 3.8) is 0 Å². The molecule has 0 N–H and O–H groups in total. The first-order chi connectivity index (χ1) is 9.95. The van der Waals surface area contributed by atoms with Gasteiger partial charge in [0.1, 0.15) is 17.9 Å². The van der Waals surface area contributed by atoms with Crippen LogP contribution in [0.3, 0.4) is 0 Å². The molecule has 1 aromatic heterocycles. The van der Waals surface area contributed by atoms with Crippen molar-refractivity contribution in [3.8, 4) is 0 Å². The van der Waals surface area contributed by atoms with E-state index in [1.165, 1.54) is 17.5 Å². The van der Waals surface area contributed by atoms with E-state index in [1.807, 2.05) is 10.7 Å². The predicted molar refractivity (Wildman–Crippen MR) is 83.2 cm³/mol. The molecule has 0 aliphatic rings. The number of carbonyl (C=O) groups is 1. The quantitative estimate of drug-likeness (QED) is 0.820. The number of carbonyl (C=O) groups excluding carboxylic acids is 1. The summed E-state index contributed by atoms with van der Waals surface area (Å²) in [6, 6.07) is 6.18. The summed E-state index contributed by atoms with van der Waals surface area (Å²) < 4.78 is 1.84. The minimum absolute atomic E-state index is 0.177.